The number of hydrogen-bond donors (Lipinski definition) is 2. The molecule has 0 aliphatic rings. The van der Waals surface area contributed by atoms with Gasteiger partial charge in [-0.2, -0.15) is 0 Å². The van der Waals surface area contributed by atoms with Crippen LogP contribution in [0.4, 0.5) is 5.69 Å². The minimum absolute atomic E-state index is 0.00871. The van der Waals surface area contributed by atoms with Crippen LogP contribution < -0.4 is 10.6 Å². The molecule has 0 saturated carbocycles. The van der Waals surface area contributed by atoms with Gasteiger partial charge in [0.05, 0.1) is 0 Å². The molecule has 1 aromatic rings. The van der Waals surface area contributed by atoms with E-state index < -0.39 is 0 Å². The highest BCUT2D eigenvalue weighted by atomic mass is 127. The van der Waals surface area contributed by atoms with Crippen molar-refractivity contribution in [3.63, 3.8) is 0 Å². The topological polar surface area (TPSA) is 41.1 Å². The highest BCUT2D eigenvalue weighted by Crippen LogP contribution is 2.10. The molecular weight excluding hydrogens is 291 g/mol. The van der Waals surface area contributed by atoms with Crippen LogP contribution in [0.25, 0.3) is 0 Å². The second kappa shape index (κ2) is 5.85. The first-order chi connectivity index (χ1) is 6.68. The Morgan fingerprint density at radius 2 is 1.93 bits per heavy atom. The van der Waals surface area contributed by atoms with Crippen LogP contribution in [0.3, 0.4) is 0 Å². The van der Waals surface area contributed by atoms with Crippen LogP contribution in [0.2, 0.25) is 0 Å². The first kappa shape index (κ1) is 11.3. The van der Waals surface area contributed by atoms with Crippen LogP contribution in [0.5, 0.6) is 0 Å². The van der Waals surface area contributed by atoms with Gasteiger partial charge in [-0.15, -0.1) is 0 Å². The van der Waals surface area contributed by atoms with Gasteiger partial charge in [-0.25, -0.2) is 0 Å². The summed E-state index contributed by atoms with van der Waals surface area (Å²) in [5.74, 6) is 0.00871. The molecule has 1 rings (SSSR count). The summed E-state index contributed by atoms with van der Waals surface area (Å²) in [4.78, 5) is 10.6. The van der Waals surface area contributed by atoms with Crippen molar-refractivity contribution in [1.29, 1.82) is 0 Å². The van der Waals surface area contributed by atoms with Crippen molar-refractivity contribution in [3.05, 3.63) is 27.8 Å². The van der Waals surface area contributed by atoms with Crippen LogP contribution in [0.1, 0.15) is 6.92 Å². The van der Waals surface area contributed by atoms with Gasteiger partial charge in [0.1, 0.15) is 0 Å². The van der Waals surface area contributed by atoms with Crippen molar-refractivity contribution in [2.24, 2.45) is 0 Å². The summed E-state index contributed by atoms with van der Waals surface area (Å²) in [5.41, 5.74) is 1.08. The predicted molar refractivity (Wildman–Crippen MR) is 66.3 cm³/mol. The third-order valence-electron chi connectivity index (χ3n) is 1.67. The maximum Gasteiger partial charge on any atom is 0.216 e. The highest BCUT2D eigenvalue weighted by Gasteiger charge is 1.92. The molecule has 1 amide bonds. The van der Waals surface area contributed by atoms with Gasteiger partial charge < -0.3 is 10.6 Å². The average Bonchev–Trinajstić information content (AvgIpc) is 2.15. The van der Waals surface area contributed by atoms with Gasteiger partial charge in [-0.1, -0.05) is 0 Å². The maximum absolute atomic E-state index is 10.6. The second-order valence-electron chi connectivity index (χ2n) is 2.92. The zero-order valence-corrected chi connectivity index (χ0v) is 10.2. The van der Waals surface area contributed by atoms with Crippen molar-refractivity contribution >= 4 is 34.2 Å². The molecule has 0 unspecified atom stereocenters. The molecule has 0 aliphatic heterocycles. The lowest BCUT2D eigenvalue weighted by Crippen LogP contribution is -2.26. The molecule has 0 aliphatic carbocycles. The molecule has 0 bridgehead atoms. The number of halogens is 1. The van der Waals surface area contributed by atoms with E-state index >= 15 is 0 Å². The van der Waals surface area contributed by atoms with E-state index in [1.165, 1.54) is 10.5 Å². The van der Waals surface area contributed by atoms with Crippen LogP contribution in [-0.2, 0) is 4.79 Å². The monoisotopic (exact) mass is 304 g/mol. The zero-order chi connectivity index (χ0) is 10.4. The van der Waals surface area contributed by atoms with E-state index in [0.29, 0.717) is 6.54 Å². The summed E-state index contributed by atoms with van der Waals surface area (Å²) in [6, 6.07) is 8.13. The molecule has 0 atom stereocenters. The first-order valence-electron chi connectivity index (χ1n) is 4.42. The normalized spacial score (nSPS) is 9.57. The van der Waals surface area contributed by atoms with Crippen LogP contribution in [0.15, 0.2) is 24.3 Å². The minimum atomic E-state index is 0.00871. The lowest BCUT2D eigenvalue weighted by Gasteiger charge is -2.06. The fourth-order valence-corrected chi connectivity index (χ4v) is 1.37. The summed E-state index contributed by atoms with van der Waals surface area (Å²) in [6.45, 7) is 2.92. The molecule has 0 saturated heterocycles. The summed E-state index contributed by atoms with van der Waals surface area (Å²) >= 11 is 2.27. The molecule has 0 fully saturated rings. The Hall–Kier alpha value is -0.780. The summed E-state index contributed by atoms with van der Waals surface area (Å²) in [7, 11) is 0. The number of rotatable bonds is 4. The number of amides is 1. The van der Waals surface area contributed by atoms with E-state index in [2.05, 4.69) is 33.2 Å². The van der Waals surface area contributed by atoms with E-state index in [4.69, 9.17) is 0 Å². The van der Waals surface area contributed by atoms with Gasteiger partial charge in [0, 0.05) is 29.3 Å². The first-order valence-corrected chi connectivity index (χ1v) is 5.50. The number of anilines is 1. The fraction of sp³-hybridized carbons (Fsp3) is 0.300. The van der Waals surface area contributed by atoms with Gasteiger partial charge >= 0.3 is 0 Å². The smallest absolute Gasteiger partial charge is 0.216 e. The van der Waals surface area contributed by atoms with Gasteiger partial charge in [-0.05, 0) is 46.9 Å². The molecule has 14 heavy (non-hydrogen) atoms. The Balaban J connectivity index is 2.25. The minimum Gasteiger partial charge on any atom is -0.383 e. The van der Waals surface area contributed by atoms with Crippen molar-refractivity contribution in [3.8, 4) is 0 Å². The fourth-order valence-electron chi connectivity index (χ4n) is 1.01. The number of carbonyl (C=O) groups excluding carboxylic acids is 1. The summed E-state index contributed by atoms with van der Waals surface area (Å²) in [6.07, 6.45) is 0. The third kappa shape index (κ3) is 4.45. The van der Waals surface area contributed by atoms with E-state index in [1.807, 2.05) is 24.3 Å². The highest BCUT2D eigenvalue weighted by molar-refractivity contribution is 14.1. The molecular formula is C10H13IN2O. The lowest BCUT2D eigenvalue weighted by atomic mass is 10.3. The van der Waals surface area contributed by atoms with Gasteiger partial charge in [0.25, 0.3) is 0 Å². The largest absolute Gasteiger partial charge is 0.383 e. The molecule has 1 aromatic carbocycles. The predicted octanol–water partition coefficient (Wildman–Crippen LogP) is 1.84. The van der Waals surface area contributed by atoms with Crippen molar-refractivity contribution < 1.29 is 4.79 Å². The Morgan fingerprint density at radius 1 is 1.29 bits per heavy atom. The summed E-state index contributed by atoms with van der Waals surface area (Å²) in [5, 5.41) is 5.93. The summed E-state index contributed by atoms with van der Waals surface area (Å²) < 4.78 is 1.22. The van der Waals surface area contributed by atoms with Crippen LogP contribution in [0, 0.1) is 3.57 Å². The SMILES string of the molecule is CC(=O)NCCNc1ccc(I)cc1. The average molecular weight is 304 g/mol. The number of benzene rings is 1. The van der Waals surface area contributed by atoms with Crippen molar-refractivity contribution in [2.45, 2.75) is 6.92 Å². The van der Waals surface area contributed by atoms with Gasteiger partial charge in [-0.3, -0.25) is 4.79 Å². The second-order valence-corrected chi connectivity index (χ2v) is 4.16. The van der Waals surface area contributed by atoms with E-state index in [-0.39, 0.29) is 5.91 Å². The molecule has 76 valence electrons. The molecule has 2 N–H and O–H groups in total. The standard InChI is InChI=1S/C10H13IN2O/c1-8(14)12-6-7-13-10-4-2-9(11)3-5-10/h2-5,13H,6-7H2,1H3,(H,12,14). The molecule has 0 radical (unpaired) electrons. The van der Waals surface area contributed by atoms with Crippen LogP contribution in [-0.4, -0.2) is 19.0 Å². The molecule has 0 aromatic heterocycles. The Bertz CT molecular complexity index is 297. The number of carbonyl (C=O) groups is 1. The Labute approximate surface area is 97.4 Å². The molecule has 0 spiro atoms. The molecule has 0 heterocycles. The van der Waals surface area contributed by atoms with Crippen molar-refractivity contribution in [1.82, 2.24) is 5.32 Å². The maximum atomic E-state index is 10.6. The van der Waals surface area contributed by atoms with E-state index in [0.717, 1.165) is 12.2 Å². The molecule has 4 heteroatoms. The van der Waals surface area contributed by atoms with E-state index in [1.54, 1.807) is 0 Å². The third-order valence-corrected chi connectivity index (χ3v) is 2.39. The Morgan fingerprint density at radius 3 is 2.50 bits per heavy atom. The Kier molecular flexibility index (Phi) is 4.72. The molecule has 3 nitrogen and oxygen atoms in total. The number of hydrogen-bond acceptors (Lipinski definition) is 2. The van der Waals surface area contributed by atoms with Crippen molar-refractivity contribution in [2.75, 3.05) is 18.4 Å². The van der Waals surface area contributed by atoms with Gasteiger partial charge in [0.15, 0.2) is 0 Å². The lowest BCUT2D eigenvalue weighted by molar-refractivity contribution is -0.118. The van der Waals surface area contributed by atoms with Gasteiger partial charge in [0.2, 0.25) is 5.91 Å². The van der Waals surface area contributed by atoms with Crippen LogP contribution >= 0.6 is 22.6 Å². The zero-order valence-electron chi connectivity index (χ0n) is 8.01. The van der Waals surface area contributed by atoms with E-state index in [9.17, 15) is 4.79 Å². The quantitative estimate of drug-likeness (QED) is 0.658. The number of nitrogens with one attached hydrogen (secondary N) is 2.